The summed E-state index contributed by atoms with van der Waals surface area (Å²) in [6.45, 7) is 3.81. The molecule has 9 heteroatoms. The molecule has 1 heterocycles. The third kappa shape index (κ3) is 4.04. The average molecular weight is 389 g/mol. The minimum absolute atomic E-state index is 0.0445. The van der Waals surface area contributed by atoms with Gasteiger partial charge in [0.25, 0.3) is 10.0 Å². The van der Waals surface area contributed by atoms with Crippen LogP contribution in [0.1, 0.15) is 16.0 Å². The van der Waals surface area contributed by atoms with E-state index in [1.165, 1.54) is 20.2 Å². The van der Waals surface area contributed by atoms with Crippen LogP contribution in [0.3, 0.4) is 0 Å². The standard InChI is InChI=1S/C15H20N2O4S3/c1-11-5-7-14(9-12(11)2)23(18,19)16-10-13-6-8-15(22-13)24(20,21)17(3)4/h5-9,16H,10H2,1-4H3. The van der Waals surface area contributed by atoms with Gasteiger partial charge in [0.2, 0.25) is 10.0 Å². The predicted molar refractivity (Wildman–Crippen MR) is 95.1 cm³/mol. The zero-order valence-electron chi connectivity index (χ0n) is 13.9. The second kappa shape index (κ2) is 6.93. The second-order valence-electron chi connectivity index (χ2n) is 5.58. The van der Waals surface area contributed by atoms with Crippen molar-refractivity contribution in [2.45, 2.75) is 29.5 Å². The topological polar surface area (TPSA) is 83.5 Å². The Balaban J connectivity index is 2.16. The van der Waals surface area contributed by atoms with Gasteiger partial charge in [-0.15, -0.1) is 11.3 Å². The van der Waals surface area contributed by atoms with Crippen molar-refractivity contribution >= 4 is 31.4 Å². The Kier molecular flexibility index (Phi) is 5.50. The monoisotopic (exact) mass is 388 g/mol. The zero-order chi connectivity index (χ0) is 18.1. The van der Waals surface area contributed by atoms with Crippen LogP contribution in [-0.2, 0) is 26.6 Å². The van der Waals surface area contributed by atoms with Gasteiger partial charge in [-0.25, -0.2) is 25.9 Å². The third-order valence-corrected chi connectivity index (χ3v) is 8.36. The Hall–Kier alpha value is -1.26. The molecule has 1 N–H and O–H groups in total. The number of nitrogens with zero attached hydrogens (tertiary/aromatic N) is 1. The van der Waals surface area contributed by atoms with Crippen LogP contribution >= 0.6 is 11.3 Å². The van der Waals surface area contributed by atoms with Crippen molar-refractivity contribution in [1.82, 2.24) is 9.03 Å². The molecule has 0 atom stereocenters. The molecule has 0 fully saturated rings. The molecule has 0 bridgehead atoms. The summed E-state index contributed by atoms with van der Waals surface area (Å²) in [5.74, 6) is 0. The van der Waals surface area contributed by atoms with Gasteiger partial charge < -0.3 is 0 Å². The molecule has 24 heavy (non-hydrogen) atoms. The van der Waals surface area contributed by atoms with Crippen molar-refractivity contribution < 1.29 is 16.8 Å². The van der Waals surface area contributed by atoms with E-state index >= 15 is 0 Å². The van der Waals surface area contributed by atoms with E-state index in [2.05, 4.69) is 4.72 Å². The van der Waals surface area contributed by atoms with Gasteiger partial charge in [0.1, 0.15) is 4.21 Å². The predicted octanol–water partition coefficient (Wildman–Crippen LogP) is 2.09. The molecule has 0 aliphatic carbocycles. The lowest BCUT2D eigenvalue weighted by atomic mass is 10.1. The zero-order valence-corrected chi connectivity index (χ0v) is 16.3. The van der Waals surface area contributed by atoms with Crippen molar-refractivity contribution in [3.63, 3.8) is 0 Å². The maximum atomic E-state index is 12.3. The average Bonchev–Trinajstić information content (AvgIpc) is 2.97. The molecule has 1 aromatic heterocycles. The molecule has 1 aromatic carbocycles. The van der Waals surface area contributed by atoms with Gasteiger partial charge in [0, 0.05) is 25.5 Å². The molecule has 2 rings (SSSR count). The largest absolute Gasteiger partial charge is 0.252 e. The van der Waals surface area contributed by atoms with Crippen LogP contribution in [-0.4, -0.2) is 35.2 Å². The summed E-state index contributed by atoms with van der Waals surface area (Å²) in [5.41, 5.74) is 1.92. The van der Waals surface area contributed by atoms with Crippen LogP contribution in [0, 0.1) is 13.8 Å². The van der Waals surface area contributed by atoms with E-state index in [1.807, 2.05) is 13.8 Å². The number of thiophene rings is 1. The van der Waals surface area contributed by atoms with E-state index in [4.69, 9.17) is 0 Å². The molecular formula is C15H20N2O4S3. The molecule has 0 aliphatic rings. The summed E-state index contributed by atoms with van der Waals surface area (Å²) in [6.07, 6.45) is 0. The maximum absolute atomic E-state index is 12.3. The number of rotatable bonds is 6. The third-order valence-electron chi connectivity index (χ3n) is 3.60. The maximum Gasteiger partial charge on any atom is 0.252 e. The molecule has 0 saturated carbocycles. The van der Waals surface area contributed by atoms with Crippen molar-refractivity contribution in [2.75, 3.05) is 14.1 Å². The smallest absolute Gasteiger partial charge is 0.207 e. The Morgan fingerprint density at radius 2 is 1.67 bits per heavy atom. The van der Waals surface area contributed by atoms with Gasteiger partial charge in [-0.2, -0.15) is 0 Å². The fourth-order valence-electron chi connectivity index (χ4n) is 1.90. The lowest BCUT2D eigenvalue weighted by Crippen LogP contribution is -2.23. The summed E-state index contributed by atoms with van der Waals surface area (Å²) < 4.78 is 52.6. The first-order valence-electron chi connectivity index (χ1n) is 7.12. The first-order chi connectivity index (χ1) is 11.0. The lowest BCUT2D eigenvalue weighted by molar-refractivity contribution is 0.523. The second-order valence-corrected chi connectivity index (χ2v) is 10.9. The quantitative estimate of drug-likeness (QED) is 0.821. The lowest BCUT2D eigenvalue weighted by Gasteiger charge is -2.09. The van der Waals surface area contributed by atoms with Crippen LogP contribution < -0.4 is 4.72 Å². The van der Waals surface area contributed by atoms with Crippen molar-refractivity contribution in [1.29, 1.82) is 0 Å². The van der Waals surface area contributed by atoms with E-state index < -0.39 is 20.0 Å². The molecule has 0 aliphatic heterocycles. The van der Waals surface area contributed by atoms with Gasteiger partial charge in [-0.3, -0.25) is 0 Å². The highest BCUT2D eigenvalue weighted by Gasteiger charge is 2.20. The summed E-state index contributed by atoms with van der Waals surface area (Å²) in [5, 5.41) is 0. The molecule has 0 radical (unpaired) electrons. The highest BCUT2D eigenvalue weighted by Crippen LogP contribution is 2.24. The van der Waals surface area contributed by atoms with Crippen LogP contribution in [0.5, 0.6) is 0 Å². The summed E-state index contributed by atoms with van der Waals surface area (Å²) >= 11 is 1.05. The summed E-state index contributed by atoms with van der Waals surface area (Å²) in [7, 11) is -4.23. The van der Waals surface area contributed by atoms with E-state index in [-0.39, 0.29) is 15.6 Å². The number of hydrogen-bond acceptors (Lipinski definition) is 5. The molecule has 0 spiro atoms. The van der Waals surface area contributed by atoms with Crippen molar-refractivity contribution in [3.05, 3.63) is 46.3 Å². The fourth-order valence-corrected chi connectivity index (χ4v) is 5.55. The van der Waals surface area contributed by atoms with Gasteiger partial charge in [0.05, 0.1) is 4.90 Å². The van der Waals surface area contributed by atoms with Crippen LogP contribution in [0.4, 0.5) is 0 Å². The van der Waals surface area contributed by atoms with E-state index in [0.717, 1.165) is 26.8 Å². The SMILES string of the molecule is Cc1ccc(S(=O)(=O)NCc2ccc(S(=O)(=O)N(C)C)s2)cc1C. The molecule has 132 valence electrons. The highest BCUT2D eigenvalue weighted by atomic mass is 32.2. The van der Waals surface area contributed by atoms with Gasteiger partial charge >= 0.3 is 0 Å². The van der Waals surface area contributed by atoms with E-state index in [1.54, 1.807) is 24.3 Å². The first-order valence-corrected chi connectivity index (χ1v) is 10.9. The molecule has 2 aromatic rings. The van der Waals surface area contributed by atoms with Gasteiger partial charge in [-0.1, -0.05) is 6.07 Å². The molecule has 6 nitrogen and oxygen atoms in total. The summed E-state index contributed by atoms with van der Waals surface area (Å²) in [4.78, 5) is 0.825. The Labute approximate surface area is 147 Å². The van der Waals surface area contributed by atoms with Gasteiger partial charge in [0.15, 0.2) is 0 Å². The number of sulfonamides is 2. The van der Waals surface area contributed by atoms with Gasteiger partial charge in [-0.05, 0) is 49.2 Å². The minimum Gasteiger partial charge on any atom is -0.207 e. The molecular weight excluding hydrogens is 368 g/mol. The minimum atomic E-state index is -3.64. The van der Waals surface area contributed by atoms with Crippen LogP contribution in [0.2, 0.25) is 0 Å². The van der Waals surface area contributed by atoms with Crippen LogP contribution in [0.15, 0.2) is 39.4 Å². The normalized spacial score (nSPS) is 12.7. The Morgan fingerprint density at radius 3 is 2.25 bits per heavy atom. The highest BCUT2D eigenvalue weighted by molar-refractivity contribution is 7.91. The number of benzene rings is 1. The van der Waals surface area contributed by atoms with E-state index in [0.29, 0.717) is 4.88 Å². The van der Waals surface area contributed by atoms with E-state index in [9.17, 15) is 16.8 Å². The Morgan fingerprint density at radius 1 is 1.00 bits per heavy atom. The molecule has 0 amide bonds. The summed E-state index contributed by atoms with van der Waals surface area (Å²) in [6, 6.07) is 8.04. The number of nitrogens with one attached hydrogen (secondary N) is 1. The first kappa shape index (κ1) is 19.1. The number of hydrogen-bond donors (Lipinski definition) is 1. The Bertz CT molecular complexity index is 945. The fraction of sp³-hybridized carbons (Fsp3) is 0.333. The molecule has 0 unspecified atom stereocenters. The van der Waals surface area contributed by atoms with Crippen molar-refractivity contribution in [2.24, 2.45) is 0 Å². The molecule has 0 saturated heterocycles. The van der Waals surface area contributed by atoms with Crippen molar-refractivity contribution in [3.8, 4) is 0 Å². The number of aryl methyl sites for hydroxylation is 2. The van der Waals surface area contributed by atoms with Crippen LogP contribution in [0.25, 0.3) is 0 Å².